The Labute approximate surface area is 110 Å². The van der Waals surface area contributed by atoms with Crippen molar-refractivity contribution in [1.29, 1.82) is 0 Å². The summed E-state index contributed by atoms with van der Waals surface area (Å²) >= 11 is 0. The fourth-order valence-corrected chi connectivity index (χ4v) is 1.68. The van der Waals surface area contributed by atoms with Crippen LogP contribution in [-0.4, -0.2) is 35.9 Å². The molecule has 0 amide bonds. The summed E-state index contributed by atoms with van der Waals surface area (Å²) in [5.41, 5.74) is 1.59. The molecule has 0 spiro atoms. The molecule has 7 heteroatoms. The van der Waals surface area contributed by atoms with Gasteiger partial charge in [-0.05, 0) is 19.9 Å². The van der Waals surface area contributed by atoms with Crippen molar-refractivity contribution in [3.05, 3.63) is 29.8 Å². The van der Waals surface area contributed by atoms with E-state index in [4.69, 9.17) is 5.11 Å². The summed E-state index contributed by atoms with van der Waals surface area (Å²) in [7, 11) is 0. The lowest BCUT2D eigenvalue weighted by atomic mass is 10.2. The third-order valence-electron chi connectivity index (χ3n) is 2.70. The first-order valence-electron chi connectivity index (χ1n) is 6.19. The topological polar surface area (TPSA) is 85.8 Å². The molecule has 0 saturated carbocycles. The first-order chi connectivity index (χ1) is 9.04. The number of carboxylic acid groups (broad SMARTS) is 1. The highest BCUT2D eigenvalue weighted by molar-refractivity contribution is 5.66. The van der Waals surface area contributed by atoms with Gasteiger partial charge in [0.25, 0.3) is 0 Å². The second-order valence-electron chi connectivity index (χ2n) is 4.68. The van der Waals surface area contributed by atoms with Gasteiger partial charge in [0.2, 0.25) is 0 Å². The number of hydrogen-bond acceptors (Lipinski definition) is 4. The molecule has 0 atom stereocenters. The van der Waals surface area contributed by atoms with Crippen LogP contribution in [0.2, 0.25) is 0 Å². The maximum atomic E-state index is 10.5. The Morgan fingerprint density at radius 3 is 2.84 bits per heavy atom. The van der Waals surface area contributed by atoms with E-state index in [1.165, 1.54) is 0 Å². The number of carboxylic acids is 1. The van der Waals surface area contributed by atoms with E-state index in [1.807, 2.05) is 16.9 Å². The zero-order valence-corrected chi connectivity index (χ0v) is 11.0. The number of nitrogens with zero attached hydrogens (tertiary/aromatic N) is 5. The van der Waals surface area contributed by atoms with Crippen molar-refractivity contribution in [3.8, 4) is 0 Å². The summed E-state index contributed by atoms with van der Waals surface area (Å²) in [6.45, 7) is 4.67. The average Bonchev–Trinajstić information content (AvgIpc) is 2.96. The summed E-state index contributed by atoms with van der Waals surface area (Å²) in [5.74, 6) is -0.828. The molecule has 2 aromatic rings. The van der Waals surface area contributed by atoms with Gasteiger partial charge in [0.15, 0.2) is 0 Å². The Hall–Kier alpha value is -2.18. The van der Waals surface area contributed by atoms with Crippen LogP contribution in [0, 0.1) is 0 Å². The van der Waals surface area contributed by atoms with Gasteiger partial charge < -0.3 is 5.11 Å². The van der Waals surface area contributed by atoms with Crippen LogP contribution in [0.5, 0.6) is 0 Å². The summed E-state index contributed by atoms with van der Waals surface area (Å²) in [6.07, 6.45) is 4.16. The molecule has 2 aromatic heterocycles. The lowest BCUT2D eigenvalue weighted by Gasteiger charge is -2.03. The third-order valence-corrected chi connectivity index (χ3v) is 2.70. The molecular formula is C12H17N5O2. The Morgan fingerprint density at radius 1 is 1.42 bits per heavy atom. The zero-order valence-electron chi connectivity index (χ0n) is 11.0. The van der Waals surface area contributed by atoms with Gasteiger partial charge in [-0.2, -0.15) is 5.10 Å². The van der Waals surface area contributed by atoms with Crippen molar-refractivity contribution in [2.45, 2.75) is 39.3 Å². The van der Waals surface area contributed by atoms with Gasteiger partial charge in [-0.15, -0.1) is 5.10 Å². The summed E-state index contributed by atoms with van der Waals surface area (Å²) in [4.78, 5) is 10.5. The van der Waals surface area contributed by atoms with Crippen molar-refractivity contribution in [2.75, 3.05) is 0 Å². The summed E-state index contributed by atoms with van der Waals surface area (Å²) in [5, 5.41) is 20.9. The van der Waals surface area contributed by atoms with Gasteiger partial charge in [-0.25, -0.2) is 4.68 Å². The summed E-state index contributed by atoms with van der Waals surface area (Å²) in [6, 6.07) is 2.27. The molecule has 0 aliphatic rings. The largest absolute Gasteiger partial charge is 0.481 e. The molecule has 0 aromatic carbocycles. The minimum absolute atomic E-state index is 0.0701. The Kier molecular flexibility index (Phi) is 3.94. The van der Waals surface area contributed by atoms with Gasteiger partial charge in [0.1, 0.15) is 0 Å². The zero-order chi connectivity index (χ0) is 13.8. The number of carbonyl (C=O) groups is 1. The second-order valence-corrected chi connectivity index (χ2v) is 4.68. The van der Waals surface area contributed by atoms with E-state index in [2.05, 4.69) is 29.3 Å². The van der Waals surface area contributed by atoms with Crippen molar-refractivity contribution in [3.63, 3.8) is 0 Å². The van der Waals surface area contributed by atoms with Crippen molar-refractivity contribution in [1.82, 2.24) is 24.8 Å². The van der Waals surface area contributed by atoms with Crippen LogP contribution < -0.4 is 0 Å². The normalized spacial score (nSPS) is 11.1. The Balaban J connectivity index is 1.97. The molecule has 2 rings (SSSR count). The molecule has 2 heterocycles. The molecule has 7 nitrogen and oxygen atoms in total. The van der Waals surface area contributed by atoms with Crippen LogP contribution in [0.25, 0.3) is 0 Å². The lowest BCUT2D eigenvalue weighted by Crippen LogP contribution is -2.05. The predicted octanol–water partition coefficient (Wildman–Crippen LogP) is 1.12. The minimum Gasteiger partial charge on any atom is -0.481 e. The average molecular weight is 263 g/mol. The van der Waals surface area contributed by atoms with Gasteiger partial charge in [0.05, 0.1) is 24.4 Å². The van der Waals surface area contributed by atoms with Gasteiger partial charge in [-0.3, -0.25) is 9.48 Å². The number of hydrogen-bond donors (Lipinski definition) is 1. The Morgan fingerprint density at radius 2 is 2.21 bits per heavy atom. The SMILES string of the molecule is CC(C)n1ccc(Cn2cc(CCC(=O)O)nn2)n1. The first-order valence-corrected chi connectivity index (χ1v) is 6.19. The first kappa shape index (κ1) is 13.3. The number of rotatable bonds is 6. The highest BCUT2D eigenvalue weighted by Crippen LogP contribution is 2.06. The molecule has 0 fully saturated rings. The monoisotopic (exact) mass is 263 g/mol. The molecule has 0 bridgehead atoms. The third kappa shape index (κ3) is 3.64. The maximum absolute atomic E-state index is 10.5. The molecule has 102 valence electrons. The summed E-state index contributed by atoms with van der Waals surface area (Å²) < 4.78 is 3.56. The lowest BCUT2D eigenvalue weighted by molar-refractivity contribution is -0.136. The van der Waals surface area contributed by atoms with Crippen molar-refractivity contribution < 1.29 is 9.90 Å². The molecular weight excluding hydrogens is 246 g/mol. The van der Waals surface area contributed by atoms with Gasteiger partial charge >= 0.3 is 5.97 Å². The fraction of sp³-hybridized carbons (Fsp3) is 0.500. The predicted molar refractivity (Wildman–Crippen MR) is 67.7 cm³/mol. The van der Waals surface area contributed by atoms with Crippen LogP contribution in [0.1, 0.15) is 37.7 Å². The van der Waals surface area contributed by atoms with Gasteiger partial charge in [0, 0.05) is 24.9 Å². The maximum Gasteiger partial charge on any atom is 0.303 e. The van der Waals surface area contributed by atoms with E-state index < -0.39 is 5.97 Å². The van der Waals surface area contributed by atoms with Crippen molar-refractivity contribution in [2.24, 2.45) is 0 Å². The molecule has 0 radical (unpaired) electrons. The molecule has 19 heavy (non-hydrogen) atoms. The standard InChI is InChI=1S/C12H17N5O2/c1-9(2)17-6-5-11(14-17)8-16-7-10(13-15-16)3-4-12(18)19/h5-7,9H,3-4,8H2,1-2H3,(H,18,19). The van der Waals surface area contributed by atoms with E-state index in [-0.39, 0.29) is 6.42 Å². The number of aliphatic carboxylic acids is 1. The smallest absolute Gasteiger partial charge is 0.303 e. The minimum atomic E-state index is -0.828. The fourth-order valence-electron chi connectivity index (χ4n) is 1.68. The highest BCUT2D eigenvalue weighted by Gasteiger charge is 2.06. The van der Waals surface area contributed by atoms with E-state index >= 15 is 0 Å². The van der Waals surface area contributed by atoms with Crippen LogP contribution >= 0.6 is 0 Å². The van der Waals surface area contributed by atoms with E-state index in [0.717, 1.165) is 5.69 Å². The van der Waals surface area contributed by atoms with Crippen molar-refractivity contribution >= 4 is 5.97 Å². The quantitative estimate of drug-likeness (QED) is 0.844. The van der Waals surface area contributed by atoms with E-state index in [9.17, 15) is 4.79 Å². The van der Waals surface area contributed by atoms with Gasteiger partial charge in [-0.1, -0.05) is 5.21 Å². The molecule has 0 aliphatic heterocycles. The highest BCUT2D eigenvalue weighted by atomic mass is 16.4. The molecule has 0 saturated heterocycles. The number of aromatic nitrogens is 5. The molecule has 1 N–H and O–H groups in total. The van der Waals surface area contributed by atoms with E-state index in [0.29, 0.717) is 24.7 Å². The van der Waals surface area contributed by atoms with Crippen LogP contribution in [0.4, 0.5) is 0 Å². The number of aryl methyl sites for hydroxylation is 1. The van der Waals surface area contributed by atoms with Crippen LogP contribution in [0.3, 0.4) is 0 Å². The van der Waals surface area contributed by atoms with Crippen LogP contribution in [0.15, 0.2) is 18.5 Å². The molecule has 0 aliphatic carbocycles. The van der Waals surface area contributed by atoms with Crippen LogP contribution in [-0.2, 0) is 17.8 Å². The van der Waals surface area contributed by atoms with E-state index in [1.54, 1.807) is 10.9 Å². The second kappa shape index (κ2) is 5.64. The Bertz CT molecular complexity index is 558. The molecule has 0 unspecified atom stereocenters.